The summed E-state index contributed by atoms with van der Waals surface area (Å²) in [5.41, 5.74) is 3.59. The van der Waals surface area contributed by atoms with E-state index in [0.29, 0.717) is 51.1 Å². The lowest BCUT2D eigenvalue weighted by Crippen LogP contribution is -2.44. The van der Waals surface area contributed by atoms with Crippen LogP contribution in [0.25, 0.3) is 4.85 Å². The lowest BCUT2D eigenvalue weighted by molar-refractivity contribution is -0.145. The molecule has 1 fully saturated rings. The van der Waals surface area contributed by atoms with Gasteiger partial charge in [-0.25, -0.2) is 9.64 Å². The lowest BCUT2D eigenvalue weighted by Gasteiger charge is -2.32. The van der Waals surface area contributed by atoms with E-state index in [1.165, 1.54) is 7.11 Å². The molecule has 0 aromatic heterocycles. The zero-order chi connectivity index (χ0) is 29.7. The van der Waals surface area contributed by atoms with Crippen molar-refractivity contribution in [2.45, 2.75) is 51.2 Å². The van der Waals surface area contributed by atoms with Crippen LogP contribution < -0.4 is 10.1 Å². The van der Waals surface area contributed by atoms with Crippen LogP contribution in [0.5, 0.6) is 5.75 Å². The van der Waals surface area contributed by atoms with E-state index in [2.05, 4.69) is 10.2 Å². The number of esters is 1. The third-order valence-corrected chi connectivity index (χ3v) is 7.57. The number of hydrogen-bond acceptors (Lipinski definition) is 5. The van der Waals surface area contributed by atoms with Crippen LogP contribution in [0.4, 0.5) is 5.69 Å². The molecule has 1 heterocycles. The molecule has 0 saturated carbocycles. The van der Waals surface area contributed by atoms with Gasteiger partial charge < -0.3 is 19.7 Å². The van der Waals surface area contributed by atoms with Crippen molar-refractivity contribution in [1.29, 1.82) is 0 Å². The van der Waals surface area contributed by atoms with Crippen molar-refractivity contribution < 1.29 is 23.9 Å². The molecule has 0 radical (unpaired) electrons. The van der Waals surface area contributed by atoms with Gasteiger partial charge >= 0.3 is 5.97 Å². The number of nitrogens with one attached hydrogen (secondary N) is 1. The molecule has 2 amide bonds. The van der Waals surface area contributed by atoms with Gasteiger partial charge in [0.1, 0.15) is 18.4 Å². The summed E-state index contributed by atoms with van der Waals surface area (Å²) in [6.07, 6.45) is 3.15. The second kappa shape index (κ2) is 15.4. The third-order valence-electron chi connectivity index (χ3n) is 7.57. The number of hydrogen-bond donors (Lipinski definition) is 1. The summed E-state index contributed by atoms with van der Waals surface area (Å²) in [7, 11) is 1.32. The first-order chi connectivity index (χ1) is 20.4. The van der Waals surface area contributed by atoms with Crippen LogP contribution in [0.1, 0.15) is 42.4 Å². The highest BCUT2D eigenvalue weighted by molar-refractivity contribution is 5.84. The molecule has 3 aromatic rings. The van der Waals surface area contributed by atoms with Gasteiger partial charge in [0, 0.05) is 32.4 Å². The van der Waals surface area contributed by atoms with Crippen LogP contribution in [0.2, 0.25) is 0 Å². The zero-order valence-corrected chi connectivity index (χ0v) is 24.0. The topological polar surface area (TPSA) is 89.3 Å². The Hall–Kier alpha value is -4.64. The lowest BCUT2D eigenvalue weighted by atomic mass is 9.92. The number of nitrogens with zero attached hydrogens (tertiary/aromatic N) is 2. The molecule has 42 heavy (non-hydrogen) atoms. The molecule has 1 aliphatic rings. The average Bonchev–Trinajstić information content (AvgIpc) is 3.03. The Balaban J connectivity index is 1.20. The first kappa shape index (κ1) is 30.3. The van der Waals surface area contributed by atoms with Gasteiger partial charge in [0.15, 0.2) is 5.69 Å². The van der Waals surface area contributed by atoms with E-state index >= 15 is 0 Å². The maximum atomic E-state index is 12.9. The molecule has 1 aliphatic heterocycles. The number of aryl methyl sites for hydroxylation is 1. The molecule has 8 heteroatoms. The van der Waals surface area contributed by atoms with E-state index in [4.69, 9.17) is 16.0 Å². The number of benzene rings is 3. The maximum Gasteiger partial charge on any atom is 0.328 e. The fraction of sp³-hybridized carbons (Fsp3) is 0.353. The second-order valence-corrected chi connectivity index (χ2v) is 10.6. The summed E-state index contributed by atoms with van der Waals surface area (Å²) in [5.74, 6) is 0.294. The highest BCUT2D eigenvalue weighted by atomic mass is 16.5. The molecule has 3 aromatic carbocycles. The van der Waals surface area contributed by atoms with E-state index in [0.717, 1.165) is 35.3 Å². The molecular formula is C34H37N3O5. The van der Waals surface area contributed by atoms with Crippen molar-refractivity contribution in [3.8, 4) is 5.75 Å². The van der Waals surface area contributed by atoms with Gasteiger partial charge in [-0.3, -0.25) is 9.59 Å². The standard InChI is InChI=1S/C34H37N3O5/c1-35-29-13-8-25(9-14-29)12-17-33(39)37-20-18-27(19-21-37)23-32(38)36-31(34(40)41-2)22-26-10-15-30(16-11-26)42-24-28-6-4-3-5-7-28/h3-11,13-16,27,31H,12,17-24H2,2H3,(H,36,38)/t31-/m1/s1. The van der Waals surface area contributed by atoms with Crippen LogP contribution in [0, 0.1) is 12.5 Å². The Kier molecular flexibility index (Phi) is 11.1. The SMILES string of the molecule is [C-]#[N+]c1ccc(CCC(=O)N2CCC(CC(=O)N[C@H](Cc3ccc(OCc4ccccc4)cc3)C(=O)OC)CC2)cc1. The first-order valence-electron chi connectivity index (χ1n) is 14.3. The molecule has 0 aliphatic carbocycles. The van der Waals surface area contributed by atoms with Crippen LogP contribution in [-0.2, 0) is 38.6 Å². The third kappa shape index (κ3) is 9.20. The number of methoxy groups -OCH3 is 1. The molecule has 218 valence electrons. The summed E-state index contributed by atoms with van der Waals surface area (Å²) in [5, 5.41) is 2.86. The van der Waals surface area contributed by atoms with Gasteiger partial charge in [0.2, 0.25) is 11.8 Å². The first-order valence-corrected chi connectivity index (χ1v) is 14.3. The Morgan fingerprint density at radius 1 is 0.929 bits per heavy atom. The normalized spacial score (nSPS) is 14.0. The fourth-order valence-electron chi connectivity index (χ4n) is 5.08. The van der Waals surface area contributed by atoms with Crippen LogP contribution in [0.3, 0.4) is 0 Å². The summed E-state index contributed by atoms with van der Waals surface area (Å²) >= 11 is 0. The number of rotatable bonds is 12. The van der Waals surface area contributed by atoms with Crippen LogP contribution in [0.15, 0.2) is 78.9 Å². The van der Waals surface area contributed by atoms with Crippen molar-refractivity contribution in [2.75, 3.05) is 20.2 Å². The molecule has 0 unspecified atom stereocenters. The van der Waals surface area contributed by atoms with Crippen LogP contribution >= 0.6 is 0 Å². The van der Waals surface area contributed by atoms with E-state index in [-0.39, 0.29) is 17.7 Å². The zero-order valence-electron chi connectivity index (χ0n) is 24.0. The predicted molar refractivity (Wildman–Crippen MR) is 160 cm³/mol. The highest BCUT2D eigenvalue weighted by Crippen LogP contribution is 2.22. The van der Waals surface area contributed by atoms with Gasteiger partial charge in [-0.2, -0.15) is 0 Å². The van der Waals surface area contributed by atoms with Crippen molar-refractivity contribution >= 4 is 23.5 Å². The maximum absolute atomic E-state index is 12.9. The second-order valence-electron chi connectivity index (χ2n) is 10.6. The molecule has 1 atom stereocenters. The number of ether oxygens (including phenoxy) is 2. The van der Waals surface area contributed by atoms with E-state index in [1.54, 1.807) is 12.1 Å². The number of amides is 2. The minimum absolute atomic E-state index is 0.106. The van der Waals surface area contributed by atoms with Gasteiger partial charge in [-0.05, 0) is 48.4 Å². The van der Waals surface area contributed by atoms with Crippen molar-refractivity contribution in [3.05, 3.63) is 107 Å². The number of likely N-dealkylation sites (tertiary alicyclic amines) is 1. The van der Waals surface area contributed by atoms with Gasteiger partial charge in [-0.15, -0.1) is 0 Å². The van der Waals surface area contributed by atoms with Gasteiger partial charge in [-0.1, -0.05) is 72.3 Å². The Morgan fingerprint density at radius 3 is 2.24 bits per heavy atom. The quantitative estimate of drug-likeness (QED) is 0.238. The minimum atomic E-state index is -0.788. The Labute approximate surface area is 247 Å². The molecule has 4 rings (SSSR count). The summed E-state index contributed by atoms with van der Waals surface area (Å²) in [4.78, 5) is 43.3. The molecule has 1 N–H and O–H groups in total. The van der Waals surface area contributed by atoms with Crippen molar-refractivity contribution in [2.24, 2.45) is 5.92 Å². The molecular weight excluding hydrogens is 530 g/mol. The molecule has 0 bridgehead atoms. The highest BCUT2D eigenvalue weighted by Gasteiger charge is 2.27. The summed E-state index contributed by atoms with van der Waals surface area (Å²) in [6.45, 7) is 8.74. The Bertz CT molecular complexity index is 1360. The number of piperidine rings is 1. The van der Waals surface area contributed by atoms with Crippen molar-refractivity contribution in [3.63, 3.8) is 0 Å². The Morgan fingerprint density at radius 2 is 1.60 bits per heavy atom. The van der Waals surface area contributed by atoms with Gasteiger partial charge in [0.25, 0.3) is 0 Å². The van der Waals surface area contributed by atoms with E-state index in [1.807, 2.05) is 71.6 Å². The number of carbonyl (C=O) groups is 3. The van der Waals surface area contributed by atoms with Gasteiger partial charge in [0.05, 0.1) is 13.7 Å². The fourth-order valence-corrected chi connectivity index (χ4v) is 5.08. The molecule has 8 nitrogen and oxygen atoms in total. The van der Waals surface area contributed by atoms with Crippen molar-refractivity contribution in [1.82, 2.24) is 10.2 Å². The van der Waals surface area contributed by atoms with E-state index in [9.17, 15) is 14.4 Å². The van der Waals surface area contributed by atoms with E-state index < -0.39 is 12.0 Å². The predicted octanol–water partition coefficient (Wildman–Crippen LogP) is 5.28. The minimum Gasteiger partial charge on any atom is -0.489 e. The van der Waals surface area contributed by atoms with Crippen LogP contribution in [-0.4, -0.2) is 48.9 Å². The summed E-state index contributed by atoms with van der Waals surface area (Å²) in [6, 6.07) is 23.9. The molecule has 0 spiro atoms. The number of carbonyl (C=O) groups excluding carboxylic acids is 3. The molecule has 1 saturated heterocycles. The monoisotopic (exact) mass is 567 g/mol. The largest absolute Gasteiger partial charge is 0.489 e. The smallest absolute Gasteiger partial charge is 0.328 e. The summed E-state index contributed by atoms with van der Waals surface area (Å²) < 4.78 is 10.8. The average molecular weight is 568 g/mol.